The Morgan fingerprint density at radius 3 is 2.43 bits per heavy atom. The summed E-state index contributed by atoms with van der Waals surface area (Å²) >= 11 is 4.90. The van der Waals surface area contributed by atoms with Crippen molar-refractivity contribution >= 4 is 37.3 Å². The van der Waals surface area contributed by atoms with Gasteiger partial charge in [0.1, 0.15) is 6.10 Å². The fourth-order valence-corrected chi connectivity index (χ4v) is 7.00. The Bertz CT molecular complexity index is 876. The smallest absolute Gasteiger partial charge is 0.273 e. The van der Waals surface area contributed by atoms with Gasteiger partial charge in [0.25, 0.3) is 5.19 Å². The molecule has 2 fully saturated rings. The van der Waals surface area contributed by atoms with Crippen LogP contribution in [0.1, 0.15) is 25.7 Å². The molecule has 2 aliphatic heterocycles. The van der Waals surface area contributed by atoms with E-state index in [0.29, 0.717) is 28.5 Å². The van der Waals surface area contributed by atoms with Gasteiger partial charge in [-0.2, -0.15) is 4.31 Å². The lowest BCUT2D eigenvalue weighted by Crippen LogP contribution is -2.50. The summed E-state index contributed by atoms with van der Waals surface area (Å²) in [5.74, 6) is 0. The lowest BCUT2D eigenvalue weighted by molar-refractivity contribution is 0.0584. The predicted molar refractivity (Wildman–Crippen MR) is 113 cm³/mol. The first-order chi connectivity index (χ1) is 13.5. The van der Waals surface area contributed by atoms with E-state index in [4.69, 9.17) is 4.74 Å². The van der Waals surface area contributed by atoms with E-state index >= 15 is 0 Å². The number of nitrogens with zero attached hydrogens (tertiary/aromatic N) is 3. The maximum absolute atomic E-state index is 12.9. The summed E-state index contributed by atoms with van der Waals surface area (Å²) in [5, 5.41) is 2.68. The van der Waals surface area contributed by atoms with E-state index in [1.54, 1.807) is 28.7 Å². The first-order valence-corrected chi connectivity index (χ1v) is 12.7. The summed E-state index contributed by atoms with van der Waals surface area (Å²) in [4.78, 5) is 7.06. The highest BCUT2D eigenvalue weighted by atomic mass is 79.9. The van der Waals surface area contributed by atoms with Crippen LogP contribution >= 0.6 is 27.3 Å². The molecule has 0 radical (unpaired) electrons. The zero-order chi connectivity index (χ0) is 19.6. The molecule has 28 heavy (non-hydrogen) atoms. The number of hydrogen-bond acceptors (Lipinski definition) is 6. The average Bonchev–Trinajstić information content (AvgIpc) is 3.22. The number of halogens is 1. The van der Waals surface area contributed by atoms with Gasteiger partial charge in [0.15, 0.2) is 0 Å². The largest absolute Gasteiger partial charge is 0.467 e. The highest BCUT2D eigenvalue weighted by molar-refractivity contribution is 9.10. The van der Waals surface area contributed by atoms with Gasteiger partial charge in [-0.3, -0.25) is 0 Å². The zero-order valence-electron chi connectivity index (χ0n) is 15.5. The van der Waals surface area contributed by atoms with Gasteiger partial charge in [0.05, 0.1) is 4.90 Å². The minimum absolute atomic E-state index is 0.235. The third-order valence-corrected chi connectivity index (χ3v) is 9.12. The van der Waals surface area contributed by atoms with Crippen LogP contribution in [0, 0.1) is 0 Å². The Morgan fingerprint density at radius 1 is 1.07 bits per heavy atom. The summed E-state index contributed by atoms with van der Waals surface area (Å²) < 4.78 is 34.1. The van der Waals surface area contributed by atoms with Crippen LogP contribution in [-0.4, -0.2) is 60.9 Å². The monoisotopic (exact) mass is 485 g/mol. The van der Waals surface area contributed by atoms with Crippen molar-refractivity contribution in [2.24, 2.45) is 0 Å². The van der Waals surface area contributed by atoms with Crippen molar-refractivity contribution in [3.05, 3.63) is 40.3 Å². The summed E-state index contributed by atoms with van der Waals surface area (Å²) in [6.07, 6.45) is 5.75. The minimum atomic E-state index is -3.44. The molecule has 0 unspecified atom stereocenters. The molecule has 0 amide bonds. The van der Waals surface area contributed by atoms with Crippen LogP contribution in [0.15, 0.2) is 45.2 Å². The molecule has 2 aliphatic rings. The van der Waals surface area contributed by atoms with Crippen molar-refractivity contribution in [3.8, 4) is 5.19 Å². The third-order valence-electron chi connectivity index (χ3n) is 5.55. The molecule has 0 bridgehead atoms. The number of benzene rings is 1. The van der Waals surface area contributed by atoms with Crippen LogP contribution in [0.5, 0.6) is 5.19 Å². The summed E-state index contributed by atoms with van der Waals surface area (Å²) in [6.45, 7) is 3.14. The molecule has 2 saturated heterocycles. The Balaban J connectivity index is 1.29. The SMILES string of the molecule is O=S(=O)(c1ccccc1Br)N1CCC(N2CCC(Oc3nccs3)CC2)CC1. The van der Waals surface area contributed by atoms with Gasteiger partial charge in [-0.05, 0) is 53.7 Å². The van der Waals surface area contributed by atoms with Crippen LogP contribution in [0.25, 0.3) is 0 Å². The number of piperidine rings is 2. The molecular weight excluding hydrogens is 462 g/mol. The van der Waals surface area contributed by atoms with Gasteiger partial charge in [-0.15, -0.1) is 0 Å². The van der Waals surface area contributed by atoms with E-state index in [1.807, 2.05) is 11.4 Å². The van der Waals surface area contributed by atoms with Crippen molar-refractivity contribution < 1.29 is 13.2 Å². The highest BCUT2D eigenvalue weighted by Gasteiger charge is 2.34. The Morgan fingerprint density at radius 2 is 1.79 bits per heavy atom. The van der Waals surface area contributed by atoms with Crippen LogP contribution < -0.4 is 4.74 Å². The third kappa shape index (κ3) is 4.43. The Labute approximate surface area is 178 Å². The van der Waals surface area contributed by atoms with Crippen molar-refractivity contribution in [2.75, 3.05) is 26.2 Å². The van der Waals surface area contributed by atoms with Gasteiger partial charge in [0, 0.05) is 48.3 Å². The maximum Gasteiger partial charge on any atom is 0.273 e. The van der Waals surface area contributed by atoms with Gasteiger partial charge >= 0.3 is 0 Å². The highest BCUT2D eigenvalue weighted by Crippen LogP contribution is 2.29. The van der Waals surface area contributed by atoms with Gasteiger partial charge in [0.2, 0.25) is 10.0 Å². The number of likely N-dealkylation sites (tertiary alicyclic amines) is 1. The van der Waals surface area contributed by atoms with Gasteiger partial charge in [-0.25, -0.2) is 13.4 Å². The first kappa shape index (κ1) is 20.3. The van der Waals surface area contributed by atoms with Crippen molar-refractivity contribution in [1.82, 2.24) is 14.2 Å². The number of ether oxygens (including phenoxy) is 1. The second kappa shape index (κ2) is 8.79. The molecule has 0 aliphatic carbocycles. The molecule has 2 aromatic rings. The molecular formula is C19H24BrN3O3S2. The normalized spacial score (nSPS) is 21.0. The molecule has 1 aromatic carbocycles. The van der Waals surface area contributed by atoms with Crippen molar-refractivity contribution in [3.63, 3.8) is 0 Å². The number of sulfonamides is 1. The van der Waals surface area contributed by atoms with E-state index in [1.165, 1.54) is 11.3 Å². The topological polar surface area (TPSA) is 62.7 Å². The Kier molecular flexibility index (Phi) is 6.37. The molecule has 9 heteroatoms. The van der Waals surface area contributed by atoms with E-state index in [2.05, 4.69) is 25.8 Å². The molecule has 0 N–H and O–H groups in total. The minimum Gasteiger partial charge on any atom is -0.467 e. The lowest BCUT2D eigenvalue weighted by atomic mass is 10.00. The summed E-state index contributed by atoms with van der Waals surface area (Å²) in [6, 6.07) is 7.49. The fraction of sp³-hybridized carbons (Fsp3) is 0.526. The van der Waals surface area contributed by atoms with Crippen LogP contribution in [0.3, 0.4) is 0 Å². The fourth-order valence-electron chi connectivity index (χ4n) is 4.01. The Hall–Kier alpha value is -1.00. The van der Waals surface area contributed by atoms with Gasteiger partial charge in [-0.1, -0.05) is 23.5 Å². The molecule has 0 saturated carbocycles. The number of hydrogen-bond donors (Lipinski definition) is 0. The second-order valence-corrected chi connectivity index (χ2v) is 10.8. The predicted octanol–water partition coefficient (Wildman–Crippen LogP) is 3.60. The van der Waals surface area contributed by atoms with E-state index < -0.39 is 10.0 Å². The molecule has 4 rings (SSSR count). The quantitative estimate of drug-likeness (QED) is 0.647. The average molecular weight is 486 g/mol. The number of aromatic nitrogens is 1. The molecule has 1 aromatic heterocycles. The molecule has 152 valence electrons. The molecule has 0 atom stereocenters. The van der Waals surface area contributed by atoms with Crippen LogP contribution in [-0.2, 0) is 10.0 Å². The van der Waals surface area contributed by atoms with Gasteiger partial charge < -0.3 is 9.64 Å². The van der Waals surface area contributed by atoms with Crippen LogP contribution in [0.4, 0.5) is 0 Å². The molecule has 3 heterocycles. The molecule has 6 nitrogen and oxygen atoms in total. The second-order valence-electron chi connectivity index (χ2n) is 7.22. The molecule has 0 spiro atoms. The zero-order valence-corrected chi connectivity index (χ0v) is 18.8. The number of thiazole rings is 1. The van der Waals surface area contributed by atoms with Crippen LogP contribution in [0.2, 0.25) is 0 Å². The summed E-state index contributed by atoms with van der Waals surface area (Å²) in [5.41, 5.74) is 0. The number of rotatable bonds is 5. The summed E-state index contributed by atoms with van der Waals surface area (Å²) in [7, 11) is -3.44. The van der Waals surface area contributed by atoms with Crippen molar-refractivity contribution in [1.29, 1.82) is 0 Å². The van der Waals surface area contributed by atoms with E-state index in [0.717, 1.165) is 44.0 Å². The van der Waals surface area contributed by atoms with E-state index in [9.17, 15) is 8.42 Å². The first-order valence-electron chi connectivity index (χ1n) is 9.59. The lowest BCUT2D eigenvalue weighted by Gasteiger charge is -2.41. The standard InChI is InChI=1S/C19H24BrN3O3S2/c20-17-3-1-2-4-18(17)28(24,25)23-12-5-15(6-13-23)22-10-7-16(8-11-22)26-19-21-9-14-27-19/h1-4,9,14-16H,5-8,10-13H2. The van der Waals surface area contributed by atoms with Crippen molar-refractivity contribution in [2.45, 2.75) is 42.7 Å². The van der Waals surface area contributed by atoms with E-state index in [-0.39, 0.29) is 6.10 Å². The maximum atomic E-state index is 12.9.